The molecule has 0 saturated heterocycles. The quantitative estimate of drug-likeness (QED) is 0.465. The lowest BCUT2D eigenvalue weighted by Crippen LogP contribution is -2.37. The minimum Gasteiger partial charge on any atom is -0.377 e. The molecule has 0 aliphatic carbocycles. The Balaban J connectivity index is 1.70. The van der Waals surface area contributed by atoms with E-state index in [-0.39, 0.29) is 16.9 Å². The van der Waals surface area contributed by atoms with Gasteiger partial charge in [-0.15, -0.1) is 0 Å². The molecule has 0 spiro atoms. The van der Waals surface area contributed by atoms with Gasteiger partial charge < -0.3 is 5.32 Å². The molecule has 4 rings (SSSR count). The normalized spacial score (nSPS) is 17.3. The zero-order valence-corrected chi connectivity index (χ0v) is 22.1. The van der Waals surface area contributed by atoms with E-state index in [1.807, 2.05) is 6.07 Å². The summed E-state index contributed by atoms with van der Waals surface area (Å²) in [7, 11) is -3.66. The minimum atomic E-state index is -3.66. The molecule has 1 heterocycles. The molecule has 2 N–H and O–H groups in total. The summed E-state index contributed by atoms with van der Waals surface area (Å²) in [4.78, 5) is 12.7. The smallest absolute Gasteiger partial charge is 0.266 e. The van der Waals surface area contributed by atoms with Crippen LogP contribution < -0.4 is 10.0 Å². The van der Waals surface area contributed by atoms with Crippen molar-refractivity contribution in [2.45, 2.75) is 52.5 Å². The van der Waals surface area contributed by atoms with Crippen molar-refractivity contribution in [3.63, 3.8) is 0 Å². The van der Waals surface area contributed by atoms with Crippen LogP contribution in [0.25, 0.3) is 11.1 Å². The highest BCUT2D eigenvalue weighted by Gasteiger charge is 2.37. The summed E-state index contributed by atoms with van der Waals surface area (Å²) in [6.07, 6.45) is 1.74. The van der Waals surface area contributed by atoms with Gasteiger partial charge in [-0.25, -0.2) is 13.1 Å². The van der Waals surface area contributed by atoms with Crippen LogP contribution in [0.4, 0.5) is 5.69 Å². The Morgan fingerprint density at radius 3 is 2.26 bits per heavy atom. The number of rotatable bonds is 4. The summed E-state index contributed by atoms with van der Waals surface area (Å²) < 4.78 is 25.4. The van der Waals surface area contributed by atoms with Crippen LogP contribution in [0.1, 0.15) is 67.7 Å². The zero-order valence-electron chi connectivity index (χ0n) is 21.3. The van der Waals surface area contributed by atoms with Crippen molar-refractivity contribution in [2.24, 2.45) is 5.41 Å². The molecule has 0 radical (unpaired) electrons. The molecule has 3 aromatic carbocycles. The summed E-state index contributed by atoms with van der Waals surface area (Å²) in [5.74, 6) is -0.622. The van der Waals surface area contributed by atoms with Gasteiger partial charge in [-0.3, -0.25) is 4.79 Å². The van der Waals surface area contributed by atoms with Crippen molar-refractivity contribution in [3.8, 4) is 11.1 Å². The lowest BCUT2D eigenvalue weighted by molar-refractivity contribution is 0.0981. The third kappa shape index (κ3) is 5.43. The second-order valence-corrected chi connectivity index (χ2v) is 13.0. The largest absolute Gasteiger partial charge is 0.377 e. The first-order chi connectivity index (χ1) is 16.2. The minimum absolute atomic E-state index is 0.0593. The lowest BCUT2D eigenvalue weighted by Gasteiger charge is -2.42. The molecule has 0 aromatic heterocycles. The van der Waals surface area contributed by atoms with Crippen LogP contribution in [0.5, 0.6) is 0 Å². The summed E-state index contributed by atoms with van der Waals surface area (Å²) >= 11 is 0. The predicted octanol–water partition coefficient (Wildman–Crippen LogP) is 6.08. The molecule has 1 amide bonds. The van der Waals surface area contributed by atoms with E-state index in [9.17, 15) is 13.2 Å². The zero-order chi connectivity index (χ0) is 25.6. The number of benzene rings is 3. The number of hydrogen-bond acceptors (Lipinski definition) is 4. The van der Waals surface area contributed by atoms with Crippen molar-refractivity contribution >= 4 is 21.6 Å². The molecule has 6 heteroatoms. The van der Waals surface area contributed by atoms with Gasteiger partial charge in [-0.1, -0.05) is 89.2 Å². The van der Waals surface area contributed by atoms with Crippen molar-refractivity contribution in [1.29, 1.82) is 0 Å². The van der Waals surface area contributed by atoms with Crippen LogP contribution in [0.3, 0.4) is 0 Å². The molecule has 35 heavy (non-hydrogen) atoms. The Labute approximate surface area is 209 Å². The average molecular weight is 491 g/mol. The van der Waals surface area contributed by atoms with Crippen LogP contribution in [0, 0.1) is 5.41 Å². The number of nitrogens with one attached hydrogen (secondary N) is 2. The number of hydrogen-bond donors (Lipinski definition) is 2. The molecular formula is C29H34N2O3S. The molecule has 184 valence electrons. The molecule has 1 unspecified atom stereocenters. The topological polar surface area (TPSA) is 75.3 Å². The van der Waals surface area contributed by atoms with Crippen molar-refractivity contribution in [3.05, 3.63) is 89.0 Å². The Morgan fingerprint density at radius 1 is 0.971 bits per heavy atom. The molecule has 1 aliphatic rings. The van der Waals surface area contributed by atoms with E-state index in [0.717, 1.165) is 34.9 Å². The highest BCUT2D eigenvalue weighted by molar-refractivity contribution is 7.89. The SMILES string of the molecule is CC(C)(C)c1ccc(-c2cccc(C3Nc4c(cccc4C(=O)NS(C)(=O)=O)CC3(C)C)c2)cc1. The lowest BCUT2D eigenvalue weighted by atomic mass is 9.72. The van der Waals surface area contributed by atoms with Gasteiger partial charge in [0.25, 0.3) is 5.91 Å². The maximum Gasteiger partial charge on any atom is 0.266 e. The standard InChI is InChI=1S/C29H34N2O3S/c1-28(2,3)23-15-13-19(14-16-23)20-9-7-10-21(17-20)26-29(4,5)18-22-11-8-12-24(25(22)30-26)27(32)31-35(6,33)34/h7-17,26,30H,18H2,1-6H3,(H,31,32). The number of fused-ring (bicyclic) bond motifs is 1. The first-order valence-electron chi connectivity index (χ1n) is 11.9. The van der Waals surface area contributed by atoms with Crippen LogP contribution >= 0.6 is 0 Å². The second-order valence-electron chi connectivity index (χ2n) is 11.2. The summed E-state index contributed by atoms with van der Waals surface area (Å²) in [6.45, 7) is 11.1. The van der Waals surface area contributed by atoms with Gasteiger partial charge in [-0.2, -0.15) is 0 Å². The Hall–Kier alpha value is -3.12. The van der Waals surface area contributed by atoms with Gasteiger partial charge in [0, 0.05) is 0 Å². The van der Waals surface area contributed by atoms with Gasteiger partial charge in [0.05, 0.1) is 23.5 Å². The Bertz CT molecular complexity index is 1370. The van der Waals surface area contributed by atoms with Crippen molar-refractivity contribution < 1.29 is 13.2 Å². The van der Waals surface area contributed by atoms with Crippen LogP contribution in [-0.2, 0) is 21.9 Å². The predicted molar refractivity (Wildman–Crippen MR) is 143 cm³/mol. The fourth-order valence-corrected chi connectivity index (χ4v) is 5.30. The van der Waals surface area contributed by atoms with Gasteiger partial charge in [0.1, 0.15) is 0 Å². The number of para-hydroxylation sites is 1. The van der Waals surface area contributed by atoms with Gasteiger partial charge in [-0.05, 0) is 57.2 Å². The molecule has 0 bridgehead atoms. The van der Waals surface area contributed by atoms with Crippen LogP contribution in [-0.4, -0.2) is 20.6 Å². The van der Waals surface area contributed by atoms with E-state index < -0.39 is 15.9 Å². The number of carbonyl (C=O) groups is 1. The van der Waals surface area contributed by atoms with E-state index in [1.165, 1.54) is 5.56 Å². The van der Waals surface area contributed by atoms with Gasteiger partial charge >= 0.3 is 0 Å². The monoisotopic (exact) mass is 490 g/mol. The molecule has 1 atom stereocenters. The fraction of sp³-hybridized carbons (Fsp3) is 0.345. The molecule has 0 saturated carbocycles. The third-order valence-corrected chi connectivity index (χ3v) is 7.25. The number of anilines is 1. The molecule has 1 aliphatic heterocycles. The van der Waals surface area contributed by atoms with E-state index in [2.05, 4.69) is 93.2 Å². The maximum absolute atomic E-state index is 12.7. The summed E-state index contributed by atoms with van der Waals surface area (Å²) in [5, 5.41) is 3.59. The third-order valence-electron chi connectivity index (χ3n) is 6.69. The van der Waals surface area contributed by atoms with Gasteiger partial charge in [0.2, 0.25) is 10.0 Å². The summed E-state index contributed by atoms with van der Waals surface area (Å²) in [6, 6.07) is 22.6. The summed E-state index contributed by atoms with van der Waals surface area (Å²) in [5.41, 5.74) is 6.71. The van der Waals surface area contributed by atoms with Crippen molar-refractivity contribution in [1.82, 2.24) is 4.72 Å². The van der Waals surface area contributed by atoms with Gasteiger partial charge in [0.15, 0.2) is 0 Å². The van der Waals surface area contributed by atoms with Crippen LogP contribution in [0.2, 0.25) is 0 Å². The average Bonchev–Trinajstić information content (AvgIpc) is 2.76. The second kappa shape index (κ2) is 8.83. The van der Waals surface area contributed by atoms with Crippen LogP contribution in [0.15, 0.2) is 66.7 Å². The van der Waals surface area contributed by atoms with E-state index in [4.69, 9.17) is 0 Å². The molecular weight excluding hydrogens is 456 g/mol. The highest BCUT2D eigenvalue weighted by Crippen LogP contribution is 2.46. The molecule has 5 nitrogen and oxygen atoms in total. The molecule has 0 fully saturated rings. The number of sulfonamides is 1. The first kappa shape index (κ1) is 25.0. The van der Waals surface area contributed by atoms with E-state index >= 15 is 0 Å². The highest BCUT2D eigenvalue weighted by atomic mass is 32.2. The first-order valence-corrected chi connectivity index (χ1v) is 13.8. The van der Waals surface area contributed by atoms with Crippen molar-refractivity contribution in [2.75, 3.05) is 11.6 Å². The van der Waals surface area contributed by atoms with E-state index in [1.54, 1.807) is 12.1 Å². The Kier molecular flexibility index (Phi) is 6.30. The van der Waals surface area contributed by atoms with E-state index in [0.29, 0.717) is 11.3 Å². The fourth-order valence-electron chi connectivity index (χ4n) is 4.86. The Morgan fingerprint density at radius 2 is 1.63 bits per heavy atom. The maximum atomic E-state index is 12.7. The number of amides is 1. The molecule has 3 aromatic rings. The number of carbonyl (C=O) groups excluding carboxylic acids is 1.